The molecule has 0 aliphatic carbocycles. The molecule has 0 N–H and O–H groups in total. The van der Waals surface area contributed by atoms with Crippen LogP contribution in [0.3, 0.4) is 0 Å². The maximum Gasteiger partial charge on any atom is 0.0404 e. The fourth-order valence-electron chi connectivity index (χ4n) is 2.08. The average Bonchev–Trinajstić information content (AvgIpc) is 2.22. The van der Waals surface area contributed by atoms with Gasteiger partial charge in [-0.2, -0.15) is 0 Å². The molecule has 0 amide bonds. The van der Waals surface area contributed by atoms with Crippen molar-refractivity contribution in [1.29, 1.82) is 0 Å². The first-order chi connectivity index (χ1) is 7.22. The largest absolute Gasteiger partial charge is 0.306 e. The van der Waals surface area contributed by atoms with Gasteiger partial charge in [-0.3, -0.25) is 0 Å². The molecular formula is C12H23ClN2. The summed E-state index contributed by atoms with van der Waals surface area (Å²) in [5.74, 6) is 1.51. The summed E-state index contributed by atoms with van der Waals surface area (Å²) >= 11 is 5.58. The zero-order valence-electron chi connectivity index (χ0n) is 9.95. The first-order valence-electron chi connectivity index (χ1n) is 5.80. The topological polar surface area (TPSA) is 6.48 Å². The maximum absolute atomic E-state index is 5.58. The van der Waals surface area contributed by atoms with E-state index < -0.39 is 0 Å². The van der Waals surface area contributed by atoms with Gasteiger partial charge in [0.15, 0.2) is 0 Å². The molecule has 0 unspecified atom stereocenters. The normalized spacial score (nSPS) is 20.5. The molecule has 0 aromatic heterocycles. The summed E-state index contributed by atoms with van der Waals surface area (Å²) in [4.78, 5) is 4.81. The Balaban J connectivity index is 2.14. The molecule has 0 saturated carbocycles. The van der Waals surface area contributed by atoms with Gasteiger partial charge in [-0.25, -0.2) is 0 Å². The Morgan fingerprint density at radius 3 is 2.60 bits per heavy atom. The molecule has 1 heterocycles. The summed E-state index contributed by atoms with van der Waals surface area (Å²) in [7, 11) is 4.40. The average molecular weight is 231 g/mol. The van der Waals surface area contributed by atoms with Crippen LogP contribution in [0.4, 0.5) is 0 Å². The number of alkyl halides is 1. The van der Waals surface area contributed by atoms with Crippen LogP contribution < -0.4 is 0 Å². The first-order valence-corrected chi connectivity index (χ1v) is 6.34. The summed E-state index contributed by atoms with van der Waals surface area (Å²) in [5, 5.41) is 0. The molecule has 1 saturated heterocycles. The molecule has 1 rings (SSSR count). The molecular weight excluding hydrogens is 208 g/mol. The van der Waals surface area contributed by atoms with E-state index in [4.69, 9.17) is 11.6 Å². The summed E-state index contributed by atoms with van der Waals surface area (Å²) in [6.07, 6.45) is 6.87. The highest BCUT2D eigenvalue weighted by Crippen LogP contribution is 2.16. The van der Waals surface area contributed by atoms with Crippen LogP contribution in [-0.4, -0.2) is 56.0 Å². The molecule has 0 atom stereocenters. The van der Waals surface area contributed by atoms with Crippen molar-refractivity contribution in [3.63, 3.8) is 0 Å². The molecule has 0 spiro atoms. The lowest BCUT2D eigenvalue weighted by atomic mass is 9.97. The van der Waals surface area contributed by atoms with E-state index in [0.29, 0.717) is 5.88 Å². The van der Waals surface area contributed by atoms with Gasteiger partial charge in [0.1, 0.15) is 0 Å². The Hall–Kier alpha value is -0.0500. The van der Waals surface area contributed by atoms with E-state index in [9.17, 15) is 0 Å². The minimum Gasteiger partial charge on any atom is -0.306 e. The van der Waals surface area contributed by atoms with Crippen LogP contribution in [0.2, 0.25) is 0 Å². The van der Waals surface area contributed by atoms with E-state index in [1.165, 1.54) is 32.5 Å². The standard InChI is InChI=1S/C12H23ClN2/c1-14-9-5-12(6-10-14)11-15(2)8-4-3-7-13/h3-4,12H,5-11H2,1-2H3. The van der Waals surface area contributed by atoms with E-state index in [1.807, 2.05) is 6.08 Å². The van der Waals surface area contributed by atoms with Crippen molar-refractivity contribution in [3.8, 4) is 0 Å². The van der Waals surface area contributed by atoms with E-state index >= 15 is 0 Å². The summed E-state index contributed by atoms with van der Waals surface area (Å²) in [5.41, 5.74) is 0. The highest BCUT2D eigenvalue weighted by molar-refractivity contribution is 6.18. The van der Waals surface area contributed by atoms with E-state index in [0.717, 1.165) is 12.5 Å². The number of nitrogens with zero attached hydrogens (tertiary/aromatic N) is 2. The van der Waals surface area contributed by atoms with Crippen molar-refractivity contribution in [3.05, 3.63) is 12.2 Å². The fourth-order valence-corrected chi connectivity index (χ4v) is 2.20. The monoisotopic (exact) mass is 230 g/mol. The molecule has 0 aromatic rings. The molecule has 15 heavy (non-hydrogen) atoms. The molecule has 0 aromatic carbocycles. The van der Waals surface area contributed by atoms with Crippen molar-refractivity contribution < 1.29 is 0 Å². The van der Waals surface area contributed by atoms with Gasteiger partial charge in [-0.1, -0.05) is 12.2 Å². The second kappa shape index (κ2) is 7.26. The molecule has 88 valence electrons. The Morgan fingerprint density at radius 2 is 2.00 bits per heavy atom. The van der Waals surface area contributed by atoms with Gasteiger partial charge in [0.05, 0.1) is 0 Å². The number of likely N-dealkylation sites (N-methyl/N-ethyl adjacent to an activating group) is 1. The van der Waals surface area contributed by atoms with Gasteiger partial charge in [0.2, 0.25) is 0 Å². The highest BCUT2D eigenvalue weighted by atomic mass is 35.5. The quantitative estimate of drug-likeness (QED) is 0.527. The number of hydrogen-bond acceptors (Lipinski definition) is 2. The van der Waals surface area contributed by atoms with Crippen LogP contribution in [0.1, 0.15) is 12.8 Å². The minimum absolute atomic E-state index is 0.627. The molecule has 3 heteroatoms. The Bertz CT molecular complexity index is 186. The number of hydrogen-bond donors (Lipinski definition) is 0. The lowest BCUT2D eigenvalue weighted by Gasteiger charge is -2.31. The van der Waals surface area contributed by atoms with Crippen LogP contribution in [0.15, 0.2) is 12.2 Å². The number of rotatable bonds is 5. The minimum atomic E-state index is 0.627. The van der Waals surface area contributed by atoms with Gasteiger partial charge in [0.25, 0.3) is 0 Å². The lowest BCUT2D eigenvalue weighted by Crippen LogP contribution is -2.35. The Labute approximate surface area is 98.9 Å². The number of piperidine rings is 1. The third kappa shape index (κ3) is 5.55. The Kier molecular flexibility index (Phi) is 6.30. The highest BCUT2D eigenvalue weighted by Gasteiger charge is 2.17. The molecule has 1 fully saturated rings. The maximum atomic E-state index is 5.58. The van der Waals surface area contributed by atoms with Crippen molar-refractivity contribution in [2.24, 2.45) is 5.92 Å². The predicted molar refractivity (Wildman–Crippen MR) is 67.6 cm³/mol. The molecule has 0 bridgehead atoms. The van der Waals surface area contributed by atoms with E-state index in [1.54, 1.807) is 0 Å². The summed E-state index contributed by atoms with van der Waals surface area (Å²) in [6, 6.07) is 0. The summed E-state index contributed by atoms with van der Waals surface area (Å²) in [6.45, 7) is 4.77. The van der Waals surface area contributed by atoms with Crippen LogP contribution in [0, 0.1) is 5.92 Å². The van der Waals surface area contributed by atoms with E-state index in [-0.39, 0.29) is 0 Å². The van der Waals surface area contributed by atoms with Gasteiger partial charge in [-0.05, 0) is 45.9 Å². The number of allylic oxidation sites excluding steroid dienone is 1. The van der Waals surface area contributed by atoms with Crippen molar-refractivity contribution in [2.45, 2.75) is 12.8 Å². The first kappa shape index (κ1) is 13.0. The third-order valence-corrected chi connectivity index (χ3v) is 3.26. The number of halogens is 1. The smallest absolute Gasteiger partial charge is 0.0404 e. The van der Waals surface area contributed by atoms with Crippen LogP contribution in [0.25, 0.3) is 0 Å². The fraction of sp³-hybridized carbons (Fsp3) is 0.833. The SMILES string of the molecule is CN1CCC(CN(C)CC=CCCl)CC1. The van der Waals surface area contributed by atoms with Gasteiger partial charge < -0.3 is 9.80 Å². The zero-order chi connectivity index (χ0) is 11.1. The van der Waals surface area contributed by atoms with Gasteiger partial charge in [0, 0.05) is 19.0 Å². The van der Waals surface area contributed by atoms with Crippen LogP contribution >= 0.6 is 11.6 Å². The van der Waals surface area contributed by atoms with Crippen molar-refractivity contribution in [1.82, 2.24) is 9.80 Å². The zero-order valence-corrected chi connectivity index (χ0v) is 10.7. The molecule has 1 aliphatic heterocycles. The van der Waals surface area contributed by atoms with Crippen LogP contribution in [0.5, 0.6) is 0 Å². The van der Waals surface area contributed by atoms with E-state index in [2.05, 4.69) is 30.0 Å². The lowest BCUT2D eigenvalue weighted by molar-refractivity contribution is 0.182. The van der Waals surface area contributed by atoms with Gasteiger partial charge >= 0.3 is 0 Å². The molecule has 1 aliphatic rings. The summed E-state index contributed by atoms with van der Waals surface area (Å²) < 4.78 is 0. The second-order valence-electron chi connectivity index (χ2n) is 4.59. The van der Waals surface area contributed by atoms with Crippen molar-refractivity contribution >= 4 is 11.6 Å². The number of likely N-dealkylation sites (tertiary alicyclic amines) is 1. The van der Waals surface area contributed by atoms with Crippen molar-refractivity contribution in [2.75, 3.05) is 46.2 Å². The third-order valence-electron chi connectivity index (χ3n) is 3.08. The van der Waals surface area contributed by atoms with Crippen LogP contribution in [-0.2, 0) is 0 Å². The second-order valence-corrected chi connectivity index (χ2v) is 4.90. The Morgan fingerprint density at radius 1 is 1.33 bits per heavy atom. The molecule has 0 radical (unpaired) electrons. The van der Waals surface area contributed by atoms with Gasteiger partial charge in [-0.15, -0.1) is 11.6 Å². The molecule has 2 nitrogen and oxygen atoms in total. The predicted octanol–water partition coefficient (Wildman–Crippen LogP) is 2.05.